The number of para-hydroxylation sites is 1. The second kappa shape index (κ2) is 7.25. The summed E-state index contributed by atoms with van der Waals surface area (Å²) in [5.41, 5.74) is 0. The van der Waals surface area contributed by atoms with Crippen molar-refractivity contribution in [1.82, 2.24) is 15.0 Å². The molecule has 132 valence electrons. The van der Waals surface area contributed by atoms with E-state index in [-0.39, 0.29) is 18.4 Å². The number of benzene rings is 1. The molecule has 2 aliphatic rings. The molecule has 6 heteroatoms. The Morgan fingerprint density at radius 3 is 2.72 bits per heavy atom. The Bertz CT molecular complexity index is 704. The third-order valence-corrected chi connectivity index (χ3v) is 5.13. The molecule has 0 bridgehead atoms. The standard InChI is InChI=1S/C19H23N3O3/c23-18(10-14-6-4-5-7-14)22-11-15(12-22)19-20-17(25-21-19)13-24-16-8-2-1-3-9-16/h1-3,8-9,14-15H,4-7,10-13H2. The minimum Gasteiger partial charge on any atom is -0.484 e. The number of carbonyl (C=O) groups is 1. The highest BCUT2D eigenvalue weighted by molar-refractivity contribution is 5.77. The molecular formula is C19H23N3O3. The highest BCUT2D eigenvalue weighted by Gasteiger charge is 2.35. The number of amides is 1. The normalized spacial score (nSPS) is 18.3. The number of likely N-dealkylation sites (tertiary alicyclic amines) is 1. The Balaban J connectivity index is 1.24. The zero-order valence-electron chi connectivity index (χ0n) is 14.3. The van der Waals surface area contributed by atoms with Gasteiger partial charge in [0.25, 0.3) is 5.89 Å². The lowest BCUT2D eigenvalue weighted by molar-refractivity contribution is -0.136. The van der Waals surface area contributed by atoms with Crippen LogP contribution in [-0.2, 0) is 11.4 Å². The highest BCUT2D eigenvalue weighted by Crippen LogP contribution is 2.31. The largest absolute Gasteiger partial charge is 0.484 e. The van der Waals surface area contributed by atoms with Crippen molar-refractivity contribution in [2.24, 2.45) is 5.92 Å². The number of nitrogens with zero attached hydrogens (tertiary/aromatic N) is 3. The highest BCUT2D eigenvalue weighted by atomic mass is 16.5. The van der Waals surface area contributed by atoms with Gasteiger partial charge in [0.05, 0.1) is 5.92 Å². The molecule has 1 aromatic carbocycles. The van der Waals surface area contributed by atoms with Crippen molar-refractivity contribution in [1.29, 1.82) is 0 Å². The fraction of sp³-hybridized carbons (Fsp3) is 0.526. The maximum atomic E-state index is 12.3. The Hall–Kier alpha value is -2.37. The summed E-state index contributed by atoms with van der Waals surface area (Å²) in [4.78, 5) is 18.6. The van der Waals surface area contributed by atoms with Crippen molar-refractivity contribution >= 4 is 5.91 Å². The van der Waals surface area contributed by atoms with E-state index >= 15 is 0 Å². The summed E-state index contributed by atoms with van der Waals surface area (Å²) < 4.78 is 10.9. The average Bonchev–Trinajstić information content (AvgIpc) is 3.25. The molecule has 0 unspecified atom stereocenters. The molecule has 2 aromatic rings. The van der Waals surface area contributed by atoms with Gasteiger partial charge in [0.1, 0.15) is 5.75 Å². The third-order valence-electron chi connectivity index (χ3n) is 5.13. The van der Waals surface area contributed by atoms with Crippen molar-refractivity contribution in [2.45, 2.75) is 44.6 Å². The summed E-state index contributed by atoms with van der Waals surface area (Å²) in [5.74, 6) is 2.97. The molecule has 2 fully saturated rings. The molecule has 1 amide bonds. The predicted molar refractivity (Wildman–Crippen MR) is 91.0 cm³/mol. The molecular weight excluding hydrogens is 318 g/mol. The summed E-state index contributed by atoms with van der Waals surface area (Å²) in [7, 11) is 0. The number of carbonyl (C=O) groups excluding carboxylic acids is 1. The first-order chi connectivity index (χ1) is 12.3. The second-order valence-corrected chi connectivity index (χ2v) is 7.00. The van der Waals surface area contributed by atoms with E-state index in [1.807, 2.05) is 35.2 Å². The summed E-state index contributed by atoms with van der Waals surface area (Å²) in [6.45, 7) is 1.65. The zero-order valence-corrected chi connectivity index (χ0v) is 14.3. The molecule has 25 heavy (non-hydrogen) atoms. The van der Waals surface area contributed by atoms with Gasteiger partial charge in [0.15, 0.2) is 12.4 Å². The van der Waals surface area contributed by atoms with E-state index < -0.39 is 0 Å². The molecule has 6 nitrogen and oxygen atoms in total. The summed E-state index contributed by atoms with van der Waals surface area (Å²) in [6, 6.07) is 9.54. The van der Waals surface area contributed by atoms with Crippen LogP contribution in [0.25, 0.3) is 0 Å². The molecule has 1 aliphatic carbocycles. The zero-order chi connectivity index (χ0) is 17.1. The van der Waals surface area contributed by atoms with Gasteiger partial charge in [-0.05, 0) is 30.9 Å². The van der Waals surface area contributed by atoms with Crippen LogP contribution in [0.5, 0.6) is 5.75 Å². The molecule has 0 N–H and O–H groups in total. The van der Waals surface area contributed by atoms with Crippen LogP contribution in [0.4, 0.5) is 0 Å². The molecule has 1 aromatic heterocycles. The van der Waals surface area contributed by atoms with E-state index in [1.54, 1.807) is 0 Å². The van der Waals surface area contributed by atoms with Gasteiger partial charge in [-0.15, -0.1) is 0 Å². The number of ether oxygens (including phenoxy) is 1. The minimum atomic E-state index is 0.182. The molecule has 0 spiro atoms. The van der Waals surface area contributed by atoms with E-state index in [0.717, 1.165) is 5.75 Å². The van der Waals surface area contributed by atoms with Gasteiger partial charge in [-0.2, -0.15) is 4.98 Å². The third kappa shape index (κ3) is 3.83. The lowest BCUT2D eigenvalue weighted by Gasteiger charge is -2.38. The van der Waals surface area contributed by atoms with Gasteiger partial charge >= 0.3 is 0 Å². The van der Waals surface area contributed by atoms with E-state index in [9.17, 15) is 4.79 Å². The van der Waals surface area contributed by atoms with Crippen molar-refractivity contribution in [3.05, 3.63) is 42.0 Å². The number of rotatable bonds is 6. The van der Waals surface area contributed by atoms with Gasteiger partial charge in [-0.25, -0.2) is 0 Å². The van der Waals surface area contributed by atoms with Crippen LogP contribution < -0.4 is 4.74 Å². The first-order valence-corrected chi connectivity index (χ1v) is 9.06. The Morgan fingerprint density at radius 1 is 1.20 bits per heavy atom. The van der Waals surface area contributed by atoms with E-state index in [1.165, 1.54) is 25.7 Å². The maximum absolute atomic E-state index is 12.3. The van der Waals surface area contributed by atoms with Crippen LogP contribution in [0.2, 0.25) is 0 Å². The van der Waals surface area contributed by atoms with Gasteiger partial charge < -0.3 is 14.2 Å². The van der Waals surface area contributed by atoms with Crippen LogP contribution in [-0.4, -0.2) is 34.0 Å². The second-order valence-electron chi connectivity index (χ2n) is 7.00. The van der Waals surface area contributed by atoms with Crippen molar-refractivity contribution in [3.8, 4) is 5.75 Å². The first kappa shape index (κ1) is 16.1. The van der Waals surface area contributed by atoms with Crippen LogP contribution in [0.3, 0.4) is 0 Å². The smallest absolute Gasteiger partial charge is 0.264 e. The Kier molecular flexibility index (Phi) is 4.68. The van der Waals surface area contributed by atoms with Gasteiger partial charge in [0, 0.05) is 19.5 Å². The molecule has 1 saturated carbocycles. The Labute approximate surface area is 147 Å². The summed E-state index contributed by atoms with van der Waals surface area (Å²) in [5, 5.41) is 4.04. The van der Waals surface area contributed by atoms with Crippen LogP contribution in [0.15, 0.2) is 34.9 Å². The van der Waals surface area contributed by atoms with Gasteiger partial charge in [0.2, 0.25) is 5.91 Å². The number of hydrogen-bond donors (Lipinski definition) is 0. The molecule has 4 rings (SSSR count). The van der Waals surface area contributed by atoms with Crippen molar-refractivity contribution in [3.63, 3.8) is 0 Å². The van der Waals surface area contributed by atoms with Gasteiger partial charge in [-0.1, -0.05) is 36.2 Å². The summed E-state index contributed by atoms with van der Waals surface area (Å²) >= 11 is 0. The minimum absolute atomic E-state index is 0.182. The van der Waals surface area contributed by atoms with Crippen LogP contribution in [0.1, 0.15) is 49.7 Å². The quantitative estimate of drug-likeness (QED) is 0.807. The predicted octanol–water partition coefficient (Wildman–Crippen LogP) is 3.15. The van der Waals surface area contributed by atoms with Crippen molar-refractivity contribution < 1.29 is 14.1 Å². The first-order valence-electron chi connectivity index (χ1n) is 9.06. The van der Waals surface area contributed by atoms with Crippen molar-refractivity contribution in [2.75, 3.05) is 13.1 Å². The topological polar surface area (TPSA) is 68.5 Å². The molecule has 0 radical (unpaired) electrons. The van der Waals surface area contributed by atoms with E-state index in [2.05, 4.69) is 10.1 Å². The molecule has 1 saturated heterocycles. The number of aromatic nitrogens is 2. The maximum Gasteiger partial charge on any atom is 0.264 e. The Morgan fingerprint density at radius 2 is 1.96 bits per heavy atom. The van der Waals surface area contributed by atoms with E-state index in [4.69, 9.17) is 9.26 Å². The lowest BCUT2D eigenvalue weighted by atomic mass is 9.96. The molecule has 0 atom stereocenters. The van der Waals surface area contributed by atoms with Crippen LogP contribution in [0, 0.1) is 5.92 Å². The van der Waals surface area contributed by atoms with Crippen LogP contribution >= 0.6 is 0 Å². The fourth-order valence-electron chi connectivity index (χ4n) is 3.59. The molecule has 1 aliphatic heterocycles. The summed E-state index contributed by atoms with van der Waals surface area (Å²) in [6.07, 6.45) is 5.67. The molecule has 2 heterocycles. The number of hydrogen-bond acceptors (Lipinski definition) is 5. The van der Waals surface area contributed by atoms with E-state index in [0.29, 0.717) is 37.1 Å². The average molecular weight is 341 g/mol. The SMILES string of the molecule is O=C(CC1CCCC1)N1CC(c2noc(COc3ccccc3)n2)C1. The van der Waals surface area contributed by atoms with Gasteiger partial charge in [-0.3, -0.25) is 4.79 Å². The lowest BCUT2D eigenvalue weighted by Crippen LogP contribution is -2.49. The monoisotopic (exact) mass is 341 g/mol. The fourth-order valence-corrected chi connectivity index (χ4v) is 3.59.